The highest BCUT2D eigenvalue weighted by Crippen LogP contribution is 2.28. The van der Waals surface area contributed by atoms with Gasteiger partial charge in [0, 0.05) is 11.3 Å². The highest BCUT2D eigenvalue weighted by atomic mass is 79.9. The molecule has 0 atom stereocenters. The summed E-state index contributed by atoms with van der Waals surface area (Å²) in [7, 11) is 0. The van der Waals surface area contributed by atoms with Gasteiger partial charge < -0.3 is 10.4 Å². The Morgan fingerprint density at radius 1 is 1.38 bits per heavy atom. The minimum absolute atomic E-state index is 0.144. The van der Waals surface area contributed by atoms with Gasteiger partial charge in [0.1, 0.15) is 4.88 Å². The lowest BCUT2D eigenvalue weighted by molar-refractivity contribution is -0.116. The molecule has 0 radical (unpaired) electrons. The first-order valence-corrected chi connectivity index (χ1v) is 8.81. The van der Waals surface area contributed by atoms with Crippen molar-refractivity contribution in [3.8, 4) is 0 Å². The van der Waals surface area contributed by atoms with Crippen molar-refractivity contribution < 1.29 is 14.7 Å². The van der Waals surface area contributed by atoms with Crippen molar-refractivity contribution in [2.24, 2.45) is 0 Å². The van der Waals surface area contributed by atoms with Crippen molar-refractivity contribution in [1.82, 2.24) is 0 Å². The smallest absolute Gasteiger partial charge is 0.348 e. The van der Waals surface area contributed by atoms with Crippen LogP contribution in [0.3, 0.4) is 0 Å². The number of thiophene rings is 2. The number of carbonyl (C=O) groups excluding carboxylic acids is 1. The van der Waals surface area contributed by atoms with E-state index in [0.717, 1.165) is 33.5 Å². The van der Waals surface area contributed by atoms with Gasteiger partial charge in [-0.25, -0.2) is 4.79 Å². The van der Waals surface area contributed by atoms with Crippen LogP contribution < -0.4 is 5.32 Å². The van der Waals surface area contributed by atoms with Gasteiger partial charge in [0.15, 0.2) is 0 Å². The molecule has 4 nitrogen and oxygen atoms in total. The maximum atomic E-state index is 11.9. The summed E-state index contributed by atoms with van der Waals surface area (Å²) in [6.07, 6.45) is 1.96. The number of carbonyl (C=O) groups is 2. The first-order chi connectivity index (χ1) is 9.97. The topological polar surface area (TPSA) is 66.4 Å². The molecular formula is C14H14BrNO3S2. The molecule has 0 unspecified atom stereocenters. The number of rotatable bonds is 6. The number of hydrogen-bond donors (Lipinski definition) is 2. The normalized spacial score (nSPS) is 10.6. The molecule has 2 heterocycles. The molecule has 2 N–H and O–H groups in total. The van der Waals surface area contributed by atoms with Crippen LogP contribution in [0.5, 0.6) is 0 Å². The minimum atomic E-state index is -1.01. The van der Waals surface area contributed by atoms with Crippen LogP contribution in [-0.2, 0) is 11.2 Å². The summed E-state index contributed by atoms with van der Waals surface area (Å²) < 4.78 is 1.09. The van der Waals surface area contributed by atoms with Gasteiger partial charge in [-0.1, -0.05) is 0 Å². The number of aromatic carboxylic acids is 1. The monoisotopic (exact) mass is 387 g/mol. The maximum Gasteiger partial charge on any atom is 0.348 e. The number of halogens is 1. The number of hydrogen-bond acceptors (Lipinski definition) is 4. The number of aryl methyl sites for hydroxylation is 2. The van der Waals surface area contributed by atoms with E-state index in [1.165, 1.54) is 4.88 Å². The van der Waals surface area contributed by atoms with Crippen LogP contribution in [0.2, 0.25) is 0 Å². The summed E-state index contributed by atoms with van der Waals surface area (Å²) in [4.78, 5) is 24.4. The summed E-state index contributed by atoms with van der Waals surface area (Å²) >= 11 is 6.20. The quantitative estimate of drug-likeness (QED) is 0.764. The van der Waals surface area contributed by atoms with Crippen molar-refractivity contribution in [3.63, 3.8) is 0 Å². The van der Waals surface area contributed by atoms with Crippen molar-refractivity contribution in [3.05, 3.63) is 36.6 Å². The Bertz CT molecular complexity index is 663. The highest BCUT2D eigenvalue weighted by molar-refractivity contribution is 9.11. The van der Waals surface area contributed by atoms with E-state index in [1.54, 1.807) is 23.6 Å². The molecule has 0 aliphatic rings. The van der Waals surface area contributed by atoms with Crippen molar-refractivity contribution in [1.29, 1.82) is 0 Å². The van der Waals surface area contributed by atoms with E-state index in [1.807, 2.05) is 12.1 Å². The van der Waals surface area contributed by atoms with Crippen LogP contribution in [-0.4, -0.2) is 17.0 Å². The molecule has 0 saturated heterocycles. The zero-order chi connectivity index (χ0) is 15.4. The molecule has 1 amide bonds. The average Bonchev–Trinajstić information content (AvgIpc) is 2.97. The fourth-order valence-corrected chi connectivity index (χ4v) is 4.24. The molecule has 7 heteroatoms. The summed E-state index contributed by atoms with van der Waals surface area (Å²) in [5.41, 5.74) is 1.21. The van der Waals surface area contributed by atoms with Crippen LogP contribution in [0.25, 0.3) is 0 Å². The predicted octanol–water partition coefficient (Wildman–Crippen LogP) is 4.54. The SMILES string of the molecule is Cc1csc(C(=O)O)c1NC(=O)CCCc1ccc(Br)s1. The van der Waals surface area contributed by atoms with Crippen molar-refractivity contribution in [2.75, 3.05) is 5.32 Å². The fraction of sp³-hybridized carbons (Fsp3) is 0.286. The second-order valence-electron chi connectivity index (χ2n) is 4.54. The lowest BCUT2D eigenvalue weighted by Gasteiger charge is -2.06. The molecule has 2 rings (SSSR count). The molecule has 2 aromatic rings. The third-order valence-electron chi connectivity index (χ3n) is 2.89. The van der Waals surface area contributed by atoms with E-state index < -0.39 is 5.97 Å². The molecule has 0 aromatic carbocycles. The zero-order valence-corrected chi connectivity index (χ0v) is 14.5. The van der Waals surface area contributed by atoms with E-state index in [9.17, 15) is 9.59 Å². The van der Waals surface area contributed by atoms with E-state index in [2.05, 4.69) is 21.2 Å². The predicted molar refractivity (Wildman–Crippen MR) is 89.6 cm³/mol. The lowest BCUT2D eigenvalue weighted by Crippen LogP contribution is -2.13. The second-order valence-corrected chi connectivity index (χ2v) is 7.96. The van der Waals surface area contributed by atoms with Gasteiger partial charge in [-0.05, 0) is 58.8 Å². The van der Waals surface area contributed by atoms with Gasteiger partial charge in [-0.3, -0.25) is 4.79 Å². The van der Waals surface area contributed by atoms with Gasteiger partial charge in [0.25, 0.3) is 0 Å². The Labute approximate surface area is 138 Å². The number of amides is 1. The molecule has 2 aromatic heterocycles. The third-order valence-corrected chi connectivity index (χ3v) is 5.66. The molecule has 0 spiro atoms. The first kappa shape index (κ1) is 16.2. The first-order valence-electron chi connectivity index (χ1n) is 6.33. The molecule has 0 saturated carbocycles. The second kappa shape index (κ2) is 7.20. The Morgan fingerprint density at radius 2 is 2.14 bits per heavy atom. The summed E-state index contributed by atoms with van der Waals surface area (Å²) in [5, 5.41) is 13.5. The molecule has 0 fully saturated rings. The van der Waals surface area contributed by atoms with Crippen molar-refractivity contribution in [2.45, 2.75) is 26.2 Å². The van der Waals surface area contributed by atoms with Crippen LogP contribution in [0.1, 0.15) is 33.0 Å². The Kier molecular flexibility index (Phi) is 5.55. The van der Waals surface area contributed by atoms with Crippen LogP contribution >= 0.6 is 38.6 Å². The highest BCUT2D eigenvalue weighted by Gasteiger charge is 2.17. The molecule has 0 aliphatic heterocycles. The van der Waals surface area contributed by atoms with Gasteiger partial charge in [0.05, 0.1) is 9.47 Å². The largest absolute Gasteiger partial charge is 0.477 e. The van der Waals surface area contributed by atoms with Crippen LogP contribution in [0.15, 0.2) is 21.3 Å². The Balaban J connectivity index is 1.87. The standard InChI is InChI=1S/C14H14BrNO3S2/c1-8-7-20-13(14(18)19)12(8)16-11(17)4-2-3-9-5-6-10(15)21-9/h5-7H,2-4H2,1H3,(H,16,17)(H,18,19). The Hall–Kier alpha value is -1.18. The summed E-state index contributed by atoms with van der Waals surface area (Å²) in [6, 6.07) is 4.03. The number of carboxylic acid groups (broad SMARTS) is 1. The maximum absolute atomic E-state index is 11.9. The van der Waals surface area contributed by atoms with E-state index in [-0.39, 0.29) is 10.8 Å². The molecule has 21 heavy (non-hydrogen) atoms. The van der Waals surface area contributed by atoms with E-state index in [4.69, 9.17) is 5.11 Å². The van der Waals surface area contributed by atoms with Gasteiger partial charge in [-0.15, -0.1) is 22.7 Å². The zero-order valence-electron chi connectivity index (χ0n) is 11.3. The minimum Gasteiger partial charge on any atom is -0.477 e. The summed E-state index contributed by atoms with van der Waals surface area (Å²) in [6.45, 7) is 1.79. The molecule has 0 aliphatic carbocycles. The number of anilines is 1. The molecule has 0 bridgehead atoms. The molecule has 112 valence electrons. The lowest BCUT2D eigenvalue weighted by atomic mass is 10.2. The van der Waals surface area contributed by atoms with Gasteiger partial charge >= 0.3 is 5.97 Å². The number of nitrogens with one attached hydrogen (secondary N) is 1. The summed E-state index contributed by atoms with van der Waals surface area (Å²) in [5.74, 6) is -1.15. The molecular weight excluding hydrogens is 374 g/mol. The van der Waals surface area contributed by atoms with Crippen molar-refractivity contribution >= 4 is 56.2 Å². The van der Waals surface area contributed by atoms with Crippen LogP contribution in [0, 0.1) is 6.92 Å². The fourth-order valence-electron chi connectivity index (χ4n) is 1.87. The van der Waals surface area contributed by atoms with Gasteiger partial charge in [0.2, 0.25) is 5.91 Å². The Morgan fingerprint density at radius 3 is 2.76 bits per heavy atom. The van der Waals surface area contributed by atoms with E-state index in [0.29, 0.717) is 12.1 Å². The van der Waals surface area contributed by atoms with E-state index >= 15 is 0 Å². The average molecular weight is 388 g/mol. The van der Waals surface area contributed by atoms with Crippen LogP contribution in [0.4, 0.5) is 5.69 Å². The third kappa shape index (κ3) is 4.39. The van der Waals surface area contributed by atoms with Gasteiger partial charge in [-0.2, -0.15) is 0 Å². The number of carboxylic acids is 1.